The Kier molecular flexibility index (Phi) is 4.75. The minimum atomic E-state index is -0.473. The van der Waals surface area contributed by atoms with Crippen LogP contribution in [0.25, 0.3) is 10.9 Å². The van der Waals surface area contributed by atoms with E-state index in [1.165, 1.54) is 0 Å². The van der Waals surface area contributed by atoms with E-state index in [9.17, 15) is 9.59 Å². The molecule has 2 aliphatic rings. The molecule has 0 aliphatic carbocycles. The van der Waals surface area contributed by atoms with E-state index in [2.05, 4.69) is 32.2 Å². The number of likely N-dealkylation sites (tertiary alicyclic amines) is 1. The third-order valence-electron chi connectivity index (χ3n) is 6.48. The normalized spacial score (nSPS) is 18.8. The highest BCUT2D eigenvalue weighted by Gasteiger charge is 2.50. The second kappa shape index (κ2) is 7.57. The summed E-state index contributed by atoms with van der Waals surface area (Å²) in [5, 5.41) is 3.69. The molecule has 2 fully saturated rings. The Morgan fingerprint density at radius 1 is 0.933 bits per heavy atom. The van der Waals surface area contributed by atoms with Crippen molar-refractivity contribution in [3.8, 4) is 0 Å². The first-order chi connectivity index (χ1) is 14.7. The van der Waals surface area contributed by atoms with E-state index in [4.69, 9.17) is 0 Å². The van der Waals surface area contributed by atoms with Crippen molar-refractivity contribution < 1.29 is 4.79 Å². The monoisotopic (exact) mass is 403 g/mol. The molecule has 2 aromatic carbocycles. The average molecular weight is 403 g/mol. The minimum Gasteiger partial charge on any atom is -0.339 e. The van der Waals surface area contributed by atoms with Crippen LogP contribution in [0.1, 0.15) is 12.8 Å². The zero-order valence-electron chi connectivity index (χ0n) is 16.8. The predicted octanol–water partition coefficient (Wildman–Crippen LogP) is 1.82. The molecule has 1 aromatic heterocycles. The van der Waals surface area contributed by atoms with Crippen LogP contribution in [0.2, 0.25) is 0 Å². The number of nitrogens with zero attached hydrogens (tertiary/aromatic N) is 4. The van der Waals surface area contributed by atoms with E-state index in [1.807, 2.05) is 42.5 Å². The topological polar surface area (TPSA) is 70.5 Å². The zero-order valence-corrected chi connectivity index (χ0v) is 16.8. The van der Waals surface area contributed by atoms with Crippen molar-refractivity contribution in [1.82, 2.24) is 19.8 Å². The van der Waals surface area contributed by atoms with E-state index in [0.29, 0.717) is 18.6 Å². The van der Waals surface area contributed by atoms with Crippen molar-refractivity contribution in [2.24, 2.45) is 0 Å². The fraction of sp³-hybridized carbons (Fsp3) is 0.348. The number of rotatable bonds is 4. The smallest absolute Gasteiger partial charge is 0.261 e. The van der Waals surface area contributed by atoms with Crippen molar-refractivity contribution in [2.75, 3.05) is 31.2 Å². The van der Waals surface area contributed by atoms with Crippen molar-refractivity contribution >= 4 is 22.5 Å². The number of para-hydroxylation sites is 2. The highest BCUT2D eigenvalue weighted by atomic mass is 16.2. The maximum absolute atomic E-state index is 12.8. The number of carbonyl (C=O) groups excluding carboxylic acids is 1. The van der Waals surface area contributed by atoms with E-state index >= 15 is 0 Å². The summed E-state index contributed by atoms with van der Waals surface area (Å²) in [5.74, 6) is 0.126. The van der Waals surface area contributed by atoms with Gasteiger partial charge in [-0.05, 0) is 37.1 Å². The average Bonchev–Trinajstić information content (AvgIpc) is 3.11. The van der Waals surface area contributed by atoms with Gasteiger partial charge >= 0.3 is 0 Å². The van der Waals surface area contributed by atoms with Gasteiger partial charge in [-0.15, -0.1) is 0 Å². The Morgan fingerprint density at radius 2 is 1.67 bits per heavy atom. The largest absolute Gasteiger partial charge is 0.339 e. The van der Waals surface area contributed by atoms with Gasteiger partial charge in [-0.1, -0.05) is 30.3 Å². The molecule has 1 N–H and O–H groups in total. The summed E-state index contributed by atoms with van der Waals surface area (Å²) in [6.07, 6.45) is 3.19. The number of anilines is 1. The van der Waals surface area contributed by atoms with Crippen LogP contribution in [0.5, 0.6) is 0 Å². The summed E-state index contributed by atoms with van der Waals surface area (Å²) in [6.45, 7) is 3.57. The van der Waals surface area contributed by atoms with Gasteiger partial charge in [0.05, 0.1) is 23.9 Å². The van der Waals surface area contributed by atoms with Crippen LogP contribution in [0.3, 0.4) is 0 Å². The van der Waals surface area contributed by atoms with Crippen molar-refractivity contribution in [3.63, 3.8) is 0 Å². The molecule has 1 spiro atoms. The van der Waals surface area contributed by atoms with Crippen molar-refractivity contribution in [2.45, 2.75) is 24.9 Å². The van der Waals surface area contributed by atoms with Gasteiger partial charge in [0.2, 0.25) is 5.91 Å². The van der Waals surface area contributed by atoms with Gasteiger partial charge in [0.15, 0.2) is 0 Å². The number of fused-ring (bicyclic) bond motifs is 1. The first-order valence-corrected chi connectivity index (χ1v) is 10.4. The summed E-state index contributed by atoms with van der Waals surface area (Å²) in [4.78, 5) is 34.4. The van der Waals surface area contributed by atoms with Crippen LogP contribution < -0.4 is 15.8 Å². The van der Waals surface area contributed by atoms with E-state index in [-0.39, 0.29) is 11.5 Å². The molecule has 154 valence electrons. The molecular formula is C23H25N5O2. The third-order valence-corrected chi connectivity index (χ3v) is 6.48. The van der Waals surface area contributed by atoms with Crippen LogP contribution in [0, 0.1) is 0 Å². The number of carbonyl (C=O) groups is 1. The Hall–Kier alpha value is -3.19. The minimum absolute atomic E-state index is 0.000460. The van der Waals surface area contributed by atoms with Gasteiger partial charge in [-0.25, -0.2) is 4.98 Å². The fourth-order valence-electron chi connectivity index (χ4n) is 4.69. The Bertz CT molecular complexity index is 1120. The van der Waals surface area contributed by atoms with Crippen LogP contribution >= 0.6 is 0 Å². The molecule has 3 heterocycles. The highest BCUT2D eigenvalue weighted by molar-refractivity contribution is 5.93. The number of nitrogens with one attached hydrogen (secondary N) is 1. The molecule has 2 saturated heterocycles. The summed E-state index contributed by atoms with van der Waals surface area (Å²) >= 11 is 0. The van der Waals surface area contributed by atoms with Gasteiger partial charge < -0.3 is 15.1 Å². The standard InChI is InChI=1S/C23H25N5O2/c29-21-19-8-4-5-9-20(19)24-16-27(21)15-14-26-12-10-23(11-13-26)22(30)25-17-28(23)18-6-2-1-3-7-18/h1-9,16H,10-15,17H2,(H,25,30). The summed E-state index contributed by atoms with van der Waals surface area (Å²) < 4.78 is 1.69. The first kappa shape index (κ1) is 18.8. The van der Waals surface area contributed by atoms with Crippen LogP contribution in [-0.2, 0) is 11.3 Å². The lowest BCUT2D eigenvalue weighted by Gasteiger charge is -2.43. The van der Waals surface area contributed by atoms with Gasteiger partial charge in [-0.2, -0.15) is 0 Å². The highest BCUT2D eigenvalue weighted by Crippen LogP contribution is 2.36. The maximum atomic E-state index is 12.8. The van der Waals surface area contributed by atoms with E-state index in [0.717, 1.165) is 43.7 Å². The lowest BCUT2D eigenvalue weighted by atomic mass is 9.85. The molecule has 0 saturated carbocycles. The van der Waals surface area contributed by atoms with Gasteiger partial charge in [0, 0.05) is 31.9 Å². The Labute approximate surface area is 174 Å². The number of aromatic nitrogens is 2. The molecule has 1 amide bonds. The summed E-state index contributed by atoms with van der Waals surface area (Å²) in [7, 11) is 0. The molecule has 2 aliphatic heterocycles. The second-order valence-electron chi connectivity index (χ2n) is 8.06. The van der Waals surface area contributed by atoms with Crippen LogP contribution in [-0.4, -0.2) is 52.2 Å². The summed E-state index contributed by atoms with van der Waals surface area (Å²) in [6, 6.07) is 17.6. The molecular weight excluding hydrogens is 378 g/mol. The SMILES string of the molecule is O=C1NCN(c2ccccc2)C12CCN(CCn1cnc3ccccc3c1=O)CC2. The molecule has 7 heteroatoms. The van der Waals surface area contributed by atoms with Gasteiger partial charge in [0.1, 0.15) is 5.54 Å². The molecule has 0 unspecified atom stereocenters. The molecule has 3 aromatic rings. The number of benzene rings is 2. The van der Waals surface area contributed by atoms with Crippen molar-refractivity contribution in [1.29, 1.82) is 0 Å². The van der Waals surface area contributed by atoms with E-state index in [1.54, 1.807) is 10.9 Å². The first-order valence-electron chi connectivity index (χ1n) is 10.4. The zero-order chi connectivity index (χ0) is 20.6. The maximum Gasteiger partial charge on any atom is 0.261 e. The third kappa shape index (κ3) is 3.15. The van der Waals surface area contributed by atoms with Gasteiger partial charge in [-0.3, -0.25) is 14.2 Å². The lowest BCUT2D eigenvalue weighted by molar-refractivity contribution is -0.125. The molecule has 7 nitrogen and oxygen atoms in total. The number of amides is 1. The van der Waals surface area contributed by atoms with Crippen molar-refractivity contribution in [3.05, 3.63) is 71.3 Å². The quantitative estimate of drug-likeness (QED) is 0.720. The Morgan fingerprint density at radius 3 is 2.47 bits per heavy atom. The molecule has 5 rings (SSSR count). The number of piperidine rings is 1. The second-order valence-corrected chi connectivity index (χ2v) is 8.06. The molecule has 0 radical (unpaired) electrons. The predicted molar refractivity (Wildman–Crippen MR) is 116 cm³/mol. The lowest BCUT2D eigenvalue weighted by Crippen LogP contribution is -2.56. The fourth-order valence-corrected chi connectivity index (χ4v) is 4.69. The summed E-state index contributed by atoms with van der Waals surface area (Å²) in [5.41, 5.74) is 1.34. The number of hydrogen-bond donors (Lipinski definition) is 1. The molecule has 0 bridgehead atoms. The van der Waals surface area contributed by atoms with Crippen LogP contribution in [0.4, 0.5) is 5.69 Å². The van der Waals surface area contributed by atoms with Gasteiger partial charge in [0.25, 0.3) is 5.56 Å². The Balaban J connectivity index is 1.27. The molecule has 0 atom stereocenters. The molecule has 30 heavy (non-hydrogen) atoms. The number of hydrogen-bond acceptors (Lipinski definition) is 5. The van der Waals surface area contributed by atoms with E-state index < -0.39 is 5.54 Å². The van der Waals surface area contributed by atoms with Crippen LogP contribution in [0.15, 0.2) is 65.7 Å².